The van der Waals surface area contributed by atoms with Crippen LogP contribution in [-0.2, 0) is 9.53 Å². The number of methoxy groups -OCH3 is 1. The van der Waals surface area contributed by atoms with Crippen molar-refractivity contribution in [3.05, 3.63) is 64.9 Å². The lowest BCUT2D eigenvalue weighted by Gasteiger charge is -2.10. The molecule has 0 aliphatic carbocycles. The minimum Gasteiger partial charge on any atom is -0.493 e. The molecule has 0 saturated carbocycles. The van der Waals surface area contributed by atoms with Crippen molar-refractivity contribution in [2.24, 2.45) is 4.99 Å². The van der Waals surface area contributed by atoms with Gasteiger partial charge < -0.3 is 14.2 Å². The molecule has 1 heterocycles. The Bertz CT molecular complexity index is 906. The van der Waals surface area contributed by atoms with E-state index in [-0.39, 0.29) is 23.1 Å². The molecular formula is C19H15F2NO4. The van der Waals surface area contributed by atoms with Gasteiger partial charge in [-0.15, -0.1) is 0 Å². The first-order valence-electron chi connectivity index (χ1n) is 7.68. The van der Waals surface area contributed by atoms with Gasteiger partial charge in [0.25, 0.3) is 0 Å². The second kappa shape index (κ2) is 7.35. The SMILES string of the molecule is COc1ccc(/C=C2\N=C(c3cccc(C)c3)OC2=O)cc1OC(F)F. The average Bonchev–Trinajstić information content (AvgIpc) is 2.95. The fourth-order valence-electron chi connectivity index (χ4n) is 2.44. The zero-order valence-corrected chi connectivity index (χ0v) is 14.0. The number of nitrogens with zero attached hydrogens (tertiary/aromatic N) is 1. The van der Waals surface area contributed by atoms with Crippen molar-refractivity contribution in [2.45, 2.75) is 13.5 Å². The summed E-state index contributed by atoms with van der Waals surface area (Å²) in [6.07, 6.45) is 1.43. The number of carbonyl (C=O) groups excluding carboxylic acids is 1. The van der Waals surface area contributed by atoms with Crippen LogP contribution >= 0.6 is 0 Å². The molecule has 5 nitrogen and oxygen atoms in total. The summed E-state index contributed by atoms with van der Waals surface area (Å²) in [5.74, 6) is -0.396. The maximum atomic E-state index is 12.5. The van der Waals surface area contributed by atoms with E-state index in [2.05, 4.69) is 9.73 Å². The number of alkyl halides is 2. The molecule has 0 amide bonds. The van der Waals surface area contributed by atoms with Crippen LogP contribution in [0.3, 0.4) is 0 Å². The Balaban J connectivity index is 1.93. The van der Waals surface area contributed by atoms with E-state index >= 15 is 0 Å². The minimum atomic E-state index is -2.99. The van der Waals surface area contributed by atoms with E-state index in [1.807, 2.05) is 25.1 Å². The number of carbonyl (C=O) groups is 1. The Morgan fingerprint density at radius 1 is 1.15 bits per heavy atom. The normalized spacial score (nSPS) is 15.2. The van der Waals surface area contributed by atoms with E-state index in [1.54, 1.807) is 12.1 Å². The van der Waals surface area contributed by atoms with Crippen molar-refractivity contribution in [3.63, 3.8) is 0 Å². The lowest BCUT2D eigenvalue weighted by atomic mass is 10.1. The Morgan fingerprint density at radius 3 is 2.65 bits per heavy atom. The van der Waals surface area contributed by atoms with Gasteiger partial charge in [-0.1, -0.05) is 23.8 Å². The fraction of sp³-hybridized carbons (Fsp3) is 0.158. The summed E-state index contributed by atoms with van der Waals surface area (Å²) in [5, 5.41) is 0. The van der Waals surface area contributed by atoms with Gasteiger partial charge in [-0.05, 0) is 42.8 Å². The summed E-state index contributed by atoms with van der Waals surface area (Å²) in [7, 11) is 1.35. The number of rotatable bonds is 5. The highest BCUT2D eigenvalue weighted by Gasteiger charge is 2.24. The van der Waals surface area contributed by atoms with Crippen LogP contribution in [0.4, 0.5) is 8.78 Å². The maximum Gasteiger partial charge on any atom is 0.387 e. The number of halogens is 2. The van der Waals surface area contributed by atoms with Gasteiger partial charge >= 0.3 is 12.6 Å². The topological polar surface area (TPSA) is 57.1 Å². The van der Waals surface area contributed by atoms with E-state index in [0.717, 1.165) is 5.56 Å². The molecule has 0 atom stereocenters. The summed E-state index contributed by atoms with van der Waals surface area (Å²) in [4.78, 5) is 16.2. The molecule has 2 aromatic rings. The average molecular weight is 359 g/mol. The first-order valence-corrected chi connectivity index (χ1v) is 7.68. The molecule has 134 valence electrons. The van der Waals surface area contributed by atoms with E-state index in [9.17, 15) is 13.6 Å². The van der Waals surface area contributed by atoms with E-state index in [0.29, 0.717) is 11.1 Å². The van der Waals surface area contributed by atoms with Crippen LogP contribution in [0.25, 0.3) is 6.08 Å². The summed E-state index contributed by atoms with van der Waals surface area (Å²) < 4.78 is 39.6. The predicted octanol–water partition coefficient (Wildman–Crippen LogP) is 3.95. The van der Waals surface area contributed by atoms with E-state index in [4.69, 9.17) is 9.47 Å². The molecule has 0 N–H and O–H groups in total. The highest BCUT2D eigenvalue weighted by atomic mass is 19.3. The zero-order chi connectivity index (χ0) is 18.7. The van der Waals surface area contributed by atoms with Gasteiger partial charge in [-0.2, -0.15) is 8.78 Å². The van der Waals surface area contributed by atoms with E-state index < -0.39 is 12.6 Å². The lowest BCUT2D eigenvalue weighted by Crippen LogP contribution is -2.05. The van der Waals surface area contributed by atoms with Crippen LogP contribution in [-0.4, -0.2) is 25.6 Å². The molecule has 1 aliphatic rings. The van der Waals surface area contributed by atoms with Crippen LogP contribution in [0.1, 0.15) is 16.7 Å². The first-order chi connectivity index (χ1) is 12.5. The molecule has 0 fully saturated rings. The number of ether oxygens (including phenoxy) is 3. The second-order valence-electron chi connectivity index (χ2n) is 5.49. The molecule has 0 bridgehead atoms. The summed E-state index contributed by atoms with van der Waals surface area (Å²) in [5.41, 5.74) is 2.19. The number of hydrogen-bond donors (Lipinski definition) is 0. The number of esters is 1. The summed E-state index contributed by atoms with van der Waals surface area (Å²) in [6.45, 7) is -1.08. The number of cyclic esters (lactones) is 1. The summed E-state index contributed by atoms with van der Waals surface area (Å²) in [6, 6.07) is 11.8. The van der Waals surface area contributed by atoms with Crippen molar-refractivity contribution < 1.29 is 27.8 Å². The minimum absolute atomic E-state index is 0.0645. The van der Waals surface area contributed by atoms with Gasteiger partial charge in [0, 0.05) is 5.56 Å². The predicted molar refractivity (Wildman–Crippen MR) is 91.4 cm³/mol. The number of aryl methyl sites for hydroxylation is 1. The molecule has 0 unspecified atom stereocenters. The standard InChI is InChI=1S/C19H15F2NO4/c1-11-4-3-5-13(8-11)17-22-14(18(23)26-17)9-12-6-7-15(24-2)16(10-12)25-19(20)21/h3-10,19H,1-2H3/b14-9-. The number of benzene rings is 2. The van der Waals surface area contributed by atoms with Crippen molar-refractivity contribution in [2.75, 3.05) is 7.11 Å². The lowest BCUT2D eigenvalue weighted by molar-refractivity contribution is -0.129. The quantitative estimate of drug-likeness (QED) is 0.599. The van der Waals surface area contributed by atoms with E-state index in [1.165, 1.54) is 25.3 Å². The molecule has 2 aromatic carbocycles. The van der Waals surface area contributed by atoms with Gasteiger partial charge in [0.15, 0.2) is 17.2 Å². The van der Waals surface area contributed by atoms with Gasteiger partial charge in [0.2, 0.25) is 5.90 Å². The van der Waals surface area contributed by atoms with Crippen LogP contribution < -0.4 is 9.47 Å². The van der Waals surface area contributed by atoms with Gasteiger partial charge in [-0.3, -0.25) is 0 Å². The first kappa shape index (κ1) is 17.6. The third-order valence-electron chi connectivity index (χ3n) is 3.59. The Labute approximate surface area is 148 Å². The van der Waals surface area contributed by atoms with Gasteiger partial charge in [0.05, 0.1) is 7.11 Å². The monoisotopic (exact) mass is 359 g/mol. The third-order valence-corrected chi connectivity index (χ3v) is 3.59. The molecular weight excluding hydrogens is 344 g/mol. The largest absolute Gasteiger partial charge is 0.493 e. The van der Waals surface area contributed by atoms with Crippen LogP contribution in [0.15, 0.2) is 53.2 Å². The maximum absolute atomic E-state index is 12.5. The molecule has 0 saturated heterocycles. The Kier molecular flexibility index (Phi) is 4.97. The number of aliphatic imine (C=N–C) groups is 1. The van der Waals surface area contributed by atoms with Gasteiger partial charge in [0.1, 0.15) is 0 Å². The molecule has 1 aliphatic heterocycles. The van der Waals surface area contributed by atoms with Crippen molar-refractivity contribution >= 4 is 17.9 Å². The molecule has 7 heteroatoms. The number of hydrogen-bond acceptors (Lipinski definition) is 5. The van der Waals surface area contributed by atoms with Crippen molar-refractivity contribution in [3.8, 4) is 11.5 Å². The second-order valence-corrected chi connectivity index (χ2v) is 5.49. The van der Waals surface area contributed by atoms with Crippen molar-refractivity contribution in [1.82, 2.24) is 0 Å². The van der Waals surface area contributed by atoms with Crippen molar-refractivity contribution in [1.29, 1.82) is 0 Å². The highest BCUT2D eigenvalue weighted by Crippen LogP contribution is 2.31. The fourth-order valence-corrected chi connectivity index (χ4v) is 2.44. The Morgan fingerprint density at radius 2 is 1.96 bits per heavy atom. The third kappa shape index (κ3) is 3.88. The molecule has 0 aromatic heterocycles. The Hall–Kier alpha value is -3.22. The molecule has 3 rings (SSSR count). The molecule has 26 heavy (non-hydrogen) atoms. The summed E-state index contributed by atoms with van der Waals surface area (Å²) >= 11 is 0. The molecule has 0 spiro atoms. The smallest absolute Gasteiger partial charge is 0.387 e. The van der Waals surface area contributed by atoms with Crippen LogP contribution in [0.2, 0.25) is 0 Å². The molecule has 0 radical (unpaired) electrons. The van der Waals surface area contributed by atoms with Gasteiger partial charge in [-0.25, -0.2) is 9.79 Å². The van der Waals surface area contributed by atoms with Crippen LogP contribution in [0.5, 0.6) is 11.5 Å². The van der Waals surface area contributed by atoms with Crippen LogP contribution in [0, 0.1) is 6.92 Å². The zero-order valence-electron chi connectivity index (χ0n) is 14.0. The highest BCUT2D eigenvalue weighted by molar-refractivity contribution is 6.12.